The van der Waals surface area contributed by atoms with E-state index in [0.717, 1.165) is 0 Å². The van der Waals surface area contributed by atoms with Crippen LogP contribution in [0.2, 0.25) is 0 Å². The van der Waals surface area contributed by atoms with Crippen LogP contribution in [0.4, 0.5) is 0 Å². The van der Waals surface area contributed by atoms with Crippen molar-refractivity contribution in [2.75, 3.05) is 0 Å². The Labute approximate surface area is 67.2 Å². The summed E-state index contributed by atoms with van der Waals surface area (Å²) in [4.78, 5) is 0. The quantitative estimate of drug-likeness (QED) is 0.300. The molecule has 0 aliphatic carbocycles. The van der Waals surface area contributed by atoms with Crippen molar-refractivity contribution in [3.63, 3.8) is 0 Å². The van der Waals surface area contributed by atoms with Crippen molar-refractivity contribution in [1.29, 1.82) is 0 Å². The molecule has 0 aromatic heterocycles. The van der Waals surface area contributed by atoms with Crippen LogP contribution in [-0.4, -0.2) is 17.5 Å². The first-order valence-electron chi connectivity index (χ1n) is 0.667. The summed E-state index contributed by atoms with van der Waals surface area (Å²) in [6, 6.07) is 0. The SMILES string of the molecule is O=S(=O)([O-])[O-].[Fe+2].[Nb]. The van der Waals surface area contributed by atoms with E-state index in [0.29, 0.717) is 0 Å². The first-order chi connectivity index (χ1) is 2.00. The Kier molecular flexibility index (Phi) is 11.8. The van der Waals surface area contributed by atoms with Crippen molar-refractivity contribution >= 4 is 10.4 Å². The summed E-state index contributed by atoms with van der Waals surface area (Å²) in [7, 11) is -5.17. The molecule has 0 aromatic carbocycles. The molecule has 0 saturated carbocycles. The van der Waals surface area contributed by atoms with E-state index >= 15 is 0 Å². The third-order valence-electron chi connectivity index (χ3n) is 0. The summed E-state index contributed by atoms with van der Waals surface area (Å²) in [6.45, 7) is 0. The van der Waals surface area contributed by atoms with Gasteiger partial charge in [0.25, 0.3) is 0 Å². The first kappa shape index (κ1) is 15.7. The van der Waals surface area contributed by atoms with Gasteiger partial charge in [0.05, 0.1) is 0 Å². The maximum Gasteiger partial charge on any atom is 2.00 e. The molecule has 0 rings (SSSR count). The van der Waals surface area contributed by atoms with Crippen molar-refractivity contribution in [2.24, 2.45) is 0 Å². The molecule has 0 heterocycles. The summed E-state index contributed by atoms with van der Waals surface area (Å²) < 4.78 is 34.1. The topological polar surface area (TPSA) is 80.3 Å². The van der Waals surface area contributed by atoms with E-state index in [4.69, 9.17) is 17.5 Å². The molecule has 1 radical (unpaired) electrons. The Hall–Kier alpha value is 1.13. The fourth-order valence-corrected chi connectivity index (χ4v) is 0. The van der Waals surface area contributed by atoms with Gasteiger partial charge in [-0.1, -0.05) is 0 Å². The summed E-state index contributed by atoms with van der Waals surface area (Å²) >= 11 is 0. The maximum atomic E-state index is 8.52. The van der Waals surface area contributed by atoms with Crippen molar-refractivity contribution in [2.45, 2.75) is 0 Å². The van der Waals surface area contributed by atoms with Crippen LogP contribution in [0.5, 0.6) is 0 Å². The van der Waals surface area contributed by atoms with Gasteiger partial charge < -0.3 is 9.11 Å². The van der Waals surface area contributed by atoms with Crippen LogP contribution >= 0.6 is 0 Å². The predicted octanol–water partition coefficient (Wildman–Crippen LogP) is -1.34. The van der Waals surface area contributed by atoms with Crippen molar-refractivity contribution < 1.29 is 57.0 Å². The van der Waals surface area contributed by atoms with Crippen molar-refractivity contribution in [1.82, 2.24) is 0 Å². The average Bonchev–Trinajstić information content (AvgIpc) is 0.722. The average molecular weight is 245 g/mol. The molecule has 0 atom stereocenters. The molecule has 0 fully saturated rings. The van der Waals surface area contributed by atoms with Gasteiger partial charge in [-0.05, 0) is 0 Å². The molecule has 0 bridgehead atoms. The second kappa shape index (κ2) is 5.27. The van der Waals surface area contributed by atoms with E-state index in [1.54, 1.807) is 0 Å². The predicted molar refractivity (Wildman–Crippen MR) is 10.5 cm³/mol. The van der Waals surface area contributed by atoms with E-state index in [1.807, 2.05) is 0 Å². The molecule has 0 unspecified atom stereocenters. The molecule has 7 heavy (non-hydrogen) atoms. The van der Waals surface area contributed by atoms with Crippen LogP contribution in [0.25, 0.3) is 0 Å². The zero-order valence-corrected chi connectivity index (χ0v) is 6.96. The molecule has 43 valence electrons. The van der Waals surface area contributed by atoms with E-state index in [1.165, 1.54) is 0 Å². The van der Waals surface area contributed by atoms with Crippen LogP contribution in [0, 0.1) is 0 Å². The van der Waals surface area contributed by atoms with Gasteiger partial charge in [-0.2, -0.15) is 0 Å². The summed E-state index contributed by atoms with van der Waals surface area (Å²) in [6.07, 6.45) is 0. The minimum Gasteiger partial charge on any atom is -0.759 e. The van der Waals surface area contributed by atoms with E-state index in [-0.39, 0.29) is 39.4 Å². The minimum absolute atomic E-state index is 0. The molecule has 4 nitrogen and oxygen atoms in total. The van der Waals surface area contributed by atoms with E-state index in [2.05, 4.69) is 0 Å². The Bertz CT molecular complexity index is 94.9. The van der Waals surface area contributed by atoms with Crippen LogP contribution in [0.1, 0.15) is 0 Å². The first-order valence-corrected chi connectivity index (χ1v) is 2.00. The standard InChI is InChI=1S/Fe.Nb.H2O4S/c;;1-5(2,3)4/h;;(H2,1,2,3,4)/q+2;;/p-2. The van der Waals surface area contributed by atoms with Crippen LogP contribution in [0.3, 0.4) is 0 Å². The third kappa shape index (κ3) is 147. The molecule has 0 spiro atoms. The van der Waals surface area contributed by atoms with Gasteiger partial charge in [0, 0.05) is 32.8 Å². The van der Waals surface area contributed by atoms with Gasteiger partial charge in [0.15, 0.2) is 0 Å². The normalized spacial score (nSPS) is 8.29. The summed E-state index contributed by atoms with van der Waals surface area (Å²) in [5, 5.41) is 0. The van der Waals surface area contributed by atoms with E-state index in [9.17, 15) is 0 Å². The Morgan fingerprint density at radius 3 is 1.14 bits per heavy atom. The molecule has 7 heteroatoms. The maximum absolute atomic E-state index is 8.52. The summed E-state index contributed by atoms with van der Waals surface area (Å²) in [5.41, 5.74) is 0. The minimum atomic E-state index is -5.17. The molecular formula is FeNbO4S. The third-order valence-corrected chi connectivity index (χ3v) is 0. The van der Waals surface area contributed by atoms with Gasteiger partial charge in [-0.15, -0.1) is 0 Å². The Morgan fingerprint density at radius 1 is 1.14 bits per heavy atom. The second-order valence-corrected chi connectivity index (χ2v) is 1.22. The Balaban J connectivity index is -0.0000000800. The number of rotatable bonds is 0. The number of hydrogen-bond donors (Lipinski definition) is 0. The van der Waals surface area contributed by atoms with Crippen molar-refractivity contribution in [3.05, 3.63) is 0 Å². The molecular weight excluding hydrogens is 245 g/mol. The fourth-order valence-electron chi connectivity index (χ4n) is 0. The van der Waals surface area contributed by atoms with Crippen LogP contribution in [-0.2, 0) is 49.8 Å². The van der Waals surface area contributed by atoms with Gasteiger partial charge in [0.2, 0.25) is 0 Å². The van der Waals surface area contributed by atoms with Gasteiger partial charge in [0.1, 0.15) is 0 Å². The molecule has 0 saturated heterocycles. The van der Waals surface area contributed by atoms with Gasteiger partial charge in [-0.3, -0.25) is 8.42 Å². The zero-order chi connectivity index (χ0) is 4.50. The monoisotopic (exact) mass is 245 g/mol. The van der Waals surface area contributed by atoms with Gasteiger partial charge >= 0.3 is 17.1 Å². The smallest absolute Gasteiger partial charge is 0.759 e. The zero-order valence-electron chi connectivity index (χ0n) is 2.84. The largest absolute Gasteiger partial charge is 2.00 e. The second-order valence-electron chi connectivity index (χ2n) is 0.408. The molecule has 0 N–H and O–H groups in total. The van der Waals surface area contributed by atoms with Crippen molar-refractivity contribution in [3.8, 4) is 0 Å². The molecule has 0 aliphatic heterocycles. The van der Waals surface area contributed by atoms with Crippen LogP contribution < -0.4 is 0 Å². The van der Waals surface area contributed by atoms with Gasteiger partial charge in [-0.25, -0.2) is 0 Å². The molecule has 0 aromatic rings. The molecule has 0 aliphatic rings. The summed E-state index contributed by atoms with van der Waals surface area (Å²) in [5.74, 6) is 0. The van der Waals surface area contributed by atoms with Crippen LogP contribution in [0.15, 0.2) is 0 Å². The number of hydrogen-bond acceptors (Lipinski definition) is 4. The molecule has 0 amide bonds. The Morgan fingerprint density at radius 2 is 1.14 bits per heavy atom. The van der Waals surface area contributed by atoms with E-state index < -0.39 is 10.4 Å². The fraction of sp³-hybridized carbons (Fsp3) is 0.